The first kappa shape index (κ1) is 32.0. The summed E-state index contributed by atoms with van der Waals surface area (Å²) in [4.78, 5) is 2.45. The average Bonchev–Trinajstić information content (AvgIpc) is 3.64. The van der Waals surface area contributed by atoms with Gasteiger partial charge in [-0.1, -0.05) is 176 Å². The molecule has 1 nitrogen and oxygen atoms in total. The van der Waals surface area contributed by atoms with E-state index in [-0.39, 0.29) is 0 Å². The van der Waals surface area contributed by atoms with Crippen LogP contribution in [0.25, 0.3) is 75.5 Å². The van der Waals surface area contributed by atoms with Crippen LogP contribution >= 0.6 is 11.3 Å². The smallest absolute Gasteiger partial charge is 0.0540 e. The number of hydrogen-bond donors (Lipinski definition) is 0. The molecule has 0 aliphatic heterocycles. The maximum absolute atomic E-state index is 2.45. The molecule has 0 radical (unpaired) electrons. The van der Waals surface area contributed by atoms with Crippen molar-refractivity contribution in [3.05, 3.63) is 212 Å². The Kier molecular flexibility index (Phi) is 8.09. The number of thiophene rings is 1. The van der Waals surface area contributed by atoms with Gasteiger partial charge in [-0.25, -0.2) is 0 Å². The van der Waals surface area contributed by atoms with Crippen LogP contribution < -0.4 is 4.90 Å². The van der Waals surface area contributed by atoms with Crippen molar-refractivity contribution in [1.82, 2.24) is 0 Å². The van der Waals surface area contributed by atoms with E-state index in [1.165, 1.54) is 75.5 Å². The van der Waals surface area contributed by atoms with E-state index in [9.17, 15) is 0 Å². The molecule has 0 aliphatic rings. The van der Waals surface area contributed by atoms with Crippen LogP contribution in [0.15, 0.2) is 212 Å². The molecule has 10 aromatic rings. The molecule has 54 heavy (non-hydrogen) atoms. The van der Waals surface area contributed by atoms with Gasteiger partial charge in [-0.05, 0) is 75.0 Å². The molecule has 0 saturated carbocycles. The number of rotatable bonds is 7. The highest BCUT2D eigenvalue weighted by molar-refractivity contribution is 7.26. The lowest BCUT2D eigenvalue weighted by molar-refractivity contribution is 1.28. The van der Waals surface area contributed by atoms with Gasteiger partial charge in [-0.2, -0.15) is 0 Å². The van der Waals surface area contributed by atoms with Crippen molar-refractivity contribution in [2.45, 2.75) is 0 Å². The lowest BCUT2D eigenvalue weighted by Crippen LogP contribution is -2.12. The summed E-state index contributed by atoms with van der Waals surface area (Å²) in [7, 11) is 0. The lowest BCUT2D eigenvalue weighted by Gasteiger charge is -2.30. The Hall–Kier alpha value is -6.74. The third-order valence-corrected chi connectivity index (χ3v) is 11.7. The number of fused-ring (bicyclic) bond motifs is 4. The maximum Gasteiger partial charge on any atom is 0.0540 e. The van der Waals surface area contributed by atoms with E-state index < -0.39 is 0 Å². The summed E-state index contributed by atoms with van der Waals surface area (Å²) < 4.78 is 2.61. The molecule has 0 N–H and O–H groups in total. The van der Waals surface area contributed by atoms with Crippen molar-refractivity contribution in [3.8, 4) is 44.5 Å². The van der Waals surface area contributed by atoms with Crippen LogP contribution in [-0.2, 0) is 0 Å². The molecule has 254 valence electrons. The zero-order chi connectivity index (χ0) is 35.8. The van der Waals surface area contributed by atoms with Crippen LogP contribution in [0.1, 0.15) is 0 Å². The molecule has 1 heterocycles. The molecule has 0 saturated heterocycles. The lowest BCUT2D eigenvalue weighted by atomic mass is 9.94. The van der Waals surface area contributed by atoms with Crippen molar-refractivity contribution in [2.24, 2.45) is 0 Å². The van der Waals surface area contributed by atoms with Crippen molar-refractivity contribution >= 4 is 59.3 Å². The van der Waals surface area contributed by atoms with Gasteiger partial charge in [-0.3, -0.25) is 0 Å². The van der Waals surface area contributed by atoms with E-state index in [1.807, 2.05) is 11.3 Å². The van der Waals surface area contributed by atoms with E-state index >= 15 is 0 Å². The van der Waals surface area contributed by atoms with Crippen LogP contribution in [0.5, 0.6) is 0 Å². The first-order valence-corrected chi connectivity index (χ1v) is 19.2. The number of hydrogen-bond acceptors (Lipinski definition) is 2. The van der Waals surface area contributed by atoms with Gasteiger partial charge in [0.1, 0.15) is 0 Å². The Balaban J connectivity index is 1.18. The third-order valence-electron chi connectivity index (χ3n) is 10.5. The van der Waals surface area contributed by atoms with Gasteiger partial charge in [0.2, 0.25) is 0 Å². The molecule has 9 aromatic carbocycles. The Morgan fingerprint density at radius 1 is 0.315 bits per heavy atom. The third kappa shape index (κ3) is 5.65. The predicted octanol–water partition coefficient (Wildman–Crippen LogP) is 15.3. The SMILES string of the molecule is c1ccc(-c2ccc(N(c3ccccc3-c3cccc(-c4cccc5ccccc45)c3)c3ccccc3-c3cccc4c3sc3ccccc34)cc2)cc1. The van der Waals surface area contributed by atoms with E-state index in [0.717, 1.165) is 17.1 Å². The van der Waals surface area contributed by atoms with Gasteiger partial charge in [0.25, 0.3) is 0 Å². The second kappa shape index (κ2) is 13.7. The highest BCUT2D eigenvalue weighted by Crippen LogP contribution is 2.48. The number of anilines is 3. The molecule has 0 bridgehead atoms. The second-order valence-corrected chi connectivity index (χ2v) is 14.7. The second-order valence-electron chi connectivity index (χ2n) is 13.7. The molecule has 1 aromatic heterocycles. The van der Waals surface area contributed by atoms with Crippen molar-refractivity contribution in [1.29, 1.82) is 0 Å². The molecule has 0 spiro atoms. The van der Waals surface area contributed by atoms with Crippen LogP contribution in [0.2, 0.25) is 0 Å². The van der Waals surface area contributed by atoms with E-state index in [4.69, 9.17) is 0 Å². The largest absolute Gasteiger partial charge is 0.309 e. The highest BCUT2D eigenvalue weighted by Gasteiger charge is 2.22. The van der Waals surface area contributed by atoms with Gasteiger partial charge in [0.05, 0.1) is 11.4 Å². The zero-order valence-corrected chi connectivity index (χ0v) is 30.4. The monoisotopic (exact) mass is 705 g/mol. The van der Waals surface area contributed by atoms with Gasteiger partial charge in [0, 0.05) is 42.6 Å². The van der Waals surface area contributed by atoms with Crippen molar-refractivity contribution in [2.75, 3.05) is 4.90 Å². The van der Waals surface area contributed by atoms with Gasteiger partial charge >= 0.3 is 0 Å². The molecule has 2 heteroatoms. The summed E-state index contributed by atoms with van der Waals surface area (Å²) in [6.07, 6.45) is 0. The summed E-state index contributed by atoms with van der Waals surface area (Å²) in [6.45, 7) is 0. The van der Waals surface area contributed by atoms with Crippen molar-refractivity contribution < 1.29 is 0 Å². The highest BCUT2D eigenvalue weighted by atomic mass is 32.1. The predicted molar refractivity (Wildman–Crippen MR) is 233 cm³/mol. The summed E-state index contributed by atoms with van der Waals surface area (Å²) in [5.41, 5.74) is 13.0. The molecule has 0 amide bonds. The minimum Gasteiger partial charge on any atom is -0.309 e. The fourth-order valence-corrected chi connectivity index (χ4v) is 9.17. The maximum atomic E-state index is 2.45. The Labute approximate surface area is 319 Å². The molecular formula is C52H35NS. The first-order chi connectivity index (χ1) is 26.8. The van der Waals surface area contributed by atoms with E-state index in [0.29, 0.717) is 0 Å². The molecule has 0 unspecified atom stereocenters. The average molecular weight is 706 g/mol. The number of nitrogens with zero attached hydrogens (tertiary/aromatic N) is 1. The van der Waals surface area contributed by atoms with E-state index in [2.05, 4.69) is 217 Å². The molecule has 0 atom stereocenters. The Morgan fingerprint density at radius 2 is 0.833 bits per heavy atom. The van der Waals surface area contributed by atoms with Gasteiger partial charge in [-0.15, -0.1) is 11.3 Å². The van der Waals surface area contributed by atoms with Crippen LogP contribution in [-0.4, -0.2) is 0 Å². The first-order valence-electron chi connectivity index (χ1n) is 18.4. The molecule has 10 rings (SSSR count). The summed E-state index contributed by atoms with van der Waals surface area (Å²) in [5.74, 6) is 0. The summed E-state index contributed by atoms with van der Waals surface area (Å²) in [5, 5.41) is 5.11. The number of para-hydroxylation sites is 2. The molecule has 0 fully saturated rings. The Bertz CT molecular complexity index is 2930. The van der Waals surface area contributed by atoms with Gasteiger partial charge in [0.15, 0.2) is 0 Å². The van der Waals surface area contributed by atoms with Crippen LogP contribution in [0.3, 0.4) is 0 Å². The standard InChI is InChI=1S/C52H35NS/c1-2-15-36(16-3-1)37-31-33-41(34-32-37)53(50-29-10-7-23-45(50)47-26-14-27-48-46-24-8-11-30-51(46)54-52(47)48)49-28-9-6-22-44(49)40-20-12-19-39(35-40)43-25-13-18-38-17-4-5-21-42(38)43/h1-35H. The minimum atomic E-state index is 1.10. The molecular weight excluding hydrogens is 671 g/mol. The minimum absolute atomic E-state index is 1.10. The summed E-state index contributed by atoms with van der Waals surface area (Å²) in [6, 6.07) is 77.1. The molecule has 0 aliphatic carbocycles. The van der Waals surface area contributed by atoms with Crippen LogP contribution in [0.4, 0.5) is 17.1 Å². The fourth-order valence-electron chi connectivity index (χ4n) is 7.94. The van der Waals surface area contributed by atoms with Crippen LogP contribution in [0, 0.1) is 0 Å². The van der Waals surface area contributed by atoms with Gasteiger partial charge < -0.3 is 4.90 Å². The summed E-state index contributed by atoms with van der Waals surface area (Å²) >= 11 is 1.88. The van der Waals surface area contributed by atoms with E-state index in [1.54, 1.807) is 0 Å². The topological polar surface area (TPSA) is 3.24 Å². The fraction of sp³-hybridized carbons (Fsp3) is 0. The number of benzene rings is 9. The quantitative estimate of drug-likeness (QED) is 0.160. The zero-order valence-electron chi connectivity index (χ0n) is 29.6. The normalized spacial score (nSPS) is 11.3. The Morgan fingerprint density at radius 3 is 1.67 bits per heavy atom. The van der Waals surface area contributed by atoms with Crippen molar-refractivity contribution in [3.63, 3.8) is 0 Å².